The Labute approximate surface area is 139 Å². The molecule has 1 saturated heterocycles. The van der Waals surface area contributed by atoms with E-state index in [0.717, 1.165) is 11.6 Å². The van der Waals surface area contributed by atoms with E-state index < -0.39 is 23.7 Å². The summed E-state index contributed by atoms with van der Waals surface area (Å²) in [6.07, 6.45) is -3.61. The van der Waals surface area contributed by atoms with E-state index in [9.17, 15) is 18.0 Å². The van der Waals surface area contributed by atoms with Gasteiger partial charge in [-0.15, -0.1) is 0 Å². The van der Waals surface area contributed by atoms with Gasteiger partial charge in [-0.1, -0.05) is 45.0 Å². The first-order valence-corrected chi connectivity index (χ1v) is 7.88. The van der Waals surface area contributed by atoms with E-state index in [4.69, 9.17) is 9.47 Å². The van der Waals surface area contributed by atoms with E-state index in [2.05, 4.69) is 0 Å². The molecule has 2 atom stereocenters. The van der Waals surface area contributed by atoms with Gasteiger partial charge < -0.3 is 9.47 Å². The van der Waals surface area contributed by atoms with Gasteiger partial charge in [0.25, 0.3) is 0 Å². The van der Waals surface area contributed by atoms with E-state index in [1.54, 1.807) is 19.1 Å². The normalized spacial score (nSPS) is 25.3. The fourth-order valence-electron chi connectivity index (χ4n) is 2.85. The molecule has 0 radical (unpaired) electrons. The van der Waals surface area contributed by atoms with Gasteiger partial charge in [-0.3, -0.25) is 0 Å². The minimum atomic E-state index is -4.60. The second kappa shape index (κ2) is 6.49. The Balaban J connectivity index is 2.36. The molecule has 0 saturated carbocycles. The Morgan fingerprint density at radius 1 is 1.33 bits per heavy atom. The Kier molecular flexibility index (Phi) is 4.97. The van der Waals surface area contributed by atoms with Crippen molar-refractivity contribution in [1.82, 2.24) is 0 Å². The van der Waals surface area contributed by atoms with Crippen LogP contribution in [-0.2, 0) is 19.9 Å². The van der Waals surface area contributed by atoms with Crippen molar-refractivity contribution in [2.45, 2.75) is 45.4 Å². The first-order chi connectivity index (χ1) is 11.1. The minimum Gasteiger partial charge on any atom is -0.476 e. The summed E-state index contributed by atoms with van der Waals surface area (Å²) >= 11 is 0. The predicted octanol–water partition coefficient (Wildman–Crippen LogP) is 4.68. The highest BCUT2D eigenvalue weighted by molar-refractivity contribution is 5.82. The zero-order valence-electron chi connectivity index (χ0n) is 14.1. The molecular formula is C18H21F3O3. The van der Waals surface area contributed by atoms with E-state index in [1.165, 1.54) is 19.1 Å². The molecule has 3 nitrogen and oxygen atoms in total. The van der Waals surface area contributed by atoms with Crippen LogP contribution in [0, 0.1) is 5.92 Å². The first-order valence-electron chi connectivity index (χ1n) is 7.88. The first kappa shape index (κ1) is 18.4. The number of esters is 1. The van der Waals surface area contributed by atoms with Crippen LogP contribution in [0.2, 0.25) is 0 Å². The van der Waals surface area contributed by atoms with Crippen LogP contribution in [-0.4, -0.2) is 18.8 Å². The van der Waals surface area contributed by atoms with E-state index in [1.807, 2.05) is 13.8 Å². The molecule has 0 aromatic heterocycles. The maximum Gasteiger partial charge on any atom is 0.433 e. The molecule has 0 spiro atoms. The van der Waals surface area contributed by atoms with Gasteiger partial charge in [0, 0.05) is 5.56 Å². The number of ether oxygens (including phenoxy) is 2. The van der Waals surface area contributed by atoms with Crippen molar-refractivity contribution in [3.05, 3.63) is 47.2 Å². The quantitative estimate of drug-likeness (QED) is 0.589. The Hall–Kier alpha value is -1.98. The van der Waals surface area contributed by atoms with Crippen LogP contribution in [0.5, 0.6) is 0 Å². The van der Waals surface area contributed by atoms with Crippen LogP contribution >= 0.6 is 0 Å². The Morgan fingerprint density at radius 2 is 1.92 bits per heavy atom. The summed E-state index contributed by atoms with van der Waals surface area (Å²) < 4.78 is 51.1. The minimum absolute atomic E-state index is 0.0151. The van der Waals surface area contributed by atoms with Crippen molar-refractivity contribution in [3.63, 3.8) is 0 Å². The molecule has 1 aliphatic rings. The van der Waals surface area contributed by atoms with Crippen molar-refractivity contribution < 1.29 is 27.4 Å². The van der Waals surface area contributed by atoms with E-state index in [0.29, 0.717) is 0 Å². The van der Waals surface area contributed by atoms with Crippen molar-refractivity contribution >= 4 is 5.97 Å². The molecule has 2 rings (SSSR count). The lowest BCUT2D eigenvalue weighted by atomic mass is 9.74. The zero-order valence-corrected chi connectivity index (χ0v) is 14.1. The number of hydrogen-bond acceptors (Lipinski definition) is 3. The number of rotatable bonds is 4. The molecule has 0 N–H and O–H groups in total. The number of carbonyl (C=O) groups is 1. The van der Waals surface area contributed by atoms with E-state index >= 15 is 0 Å². The van der Waals surface area contributed by atoms with Gasteiger partial charge in [0.1, 0.15) is 5.76 Å². The van der Waals surface area contributed by atoms with Crippen LogP contribution in [0.4, 0.5) is 13.2 Å². The van der Waals surface area contributed by atoms with Crippen LogP contribution < -0.4 is 0 Å². The standard InChI is InChI=1S/C18H21F3O3/c1-5-23-16(22)10-15-12(4)17(24-15,18(19,20)21)14-8-6-13(7-9-14)11(2)3/h6-12H,5H2,1-4H3/b15-10-/t12-,17+/m0/s1. The van der Waals surface area contributed by atoms with Crippen molar-refractivity contribution in [2.24, 2.45) is 5.92 Å². The number of carbonyl (C=O) groups excluding carboxylic acids is 1. The highest BCUT2D eigenvalue weighted by Gasteiger charge is 2.69. The predicted molar refractivity (Wildman–Crippen MR) is 83.2 cm³/mol. The number of halogens is 3. The molecule has 24 heavy (non-hydrogen) atoms. The van der Waals surface area contributed by atoms with Crippen LogP contribution in [0.1, 0.15) is 44.7 Å². The van der Waals surface area contributed by atoms with Gasteiger partial charge in [0.2, 0.25) is 5.60 Å². The highest BCUT2D eigenvalue weighted by atomic mass is 19.4. The highest BCUT2D eigenvalue weighted by Crippen LogP contribution is 2.58. The molecule has 0 amide bonds. The number of benzene rings is 1. The molecule has 132 valence electrons. The zero-order chi connectivity index (χ0) is 18.1. The second-order valence-electron chi connectivity index (χ2n) is 6.13. The summed E-state index contributed by atoms with van der Waals surface area (Å²) in [5, 5.41) is 0. The fourth-order valence-corrected chi connectivity index (χ4v) is 2.85. The third kappa shape index (κ3) is 3.01. The molecule has 1 fully saturated rings. The number of hydrogen-bond donors (Lipinski definition) is 0. The van der Waals surface area contributed by atoms with Gasteiger partial charge in [-0.05, 0) is 18.4 Å². The number of alkyl halides is 3. The second-order valence-corrected chi connectivity index (χ2v) is 6.13. The average molecular weight is 342 g/mol. The average Bonchev–Trinajstić information content (AvgIpc) is 2.49. The molecule has 0 aliphatic carbocycles. The molecule has 1 heterocycles. The summed E-state index contributed by atoms with van der Waals surface area (Å²) in [4.78, 5) is 11.4. The summed E-state index contributed by atoms with van der Waals surface area (Å²) in [5.41, 5.74) is -1.45. The van der Waals surface area contributed by atoms with Gasteiger partial charge in [-0.2, -0.15) is 13.2 Å². The lowest BCUT2D eigenvalue weighted by Crippen LogP contribution is -2.58. The molecule has 6 heteroatoms. The Morgan fingerprint density at radius 3 is 2.33 bits per heavy atom. The summed E-state index contributed by atoms with van der Waals surface area (Å²) in [6.45, 7) is 7.11. The monoisotopic (exact) mass is 342 g/mol. The molecule has 0 unspecified atom stereocenters. The lowest BCUT2D eigenvalue weighted by molar-refractivity contribution is -0.332. The fraction of sp³-hybridized carbons (Fsp3) is 0.500. The summed E-state index contributed by atoms with van der Waals surface area (Å²) in [5.74, 6) is -1.50. The van der Waals surface area contributed by atoms with Crippen LogP contribution in [0.15, 0.2) is 36.1 Å². The maximum atomic E-state index is 13.7. The third-order valence-electron chi connectivity index (χ3n) is 4.29. The van der Waals surface area contributed by atoms with Gasteiger partial charge in [0.15, 0.2) is 0 Å². The molecule has 1 aromatic carbocycles. The van der Waals surface area contributed by atoms with Crippen LogP contribution in [0.3, 0.4) is 0 Å². The summed E-state index contributed by atoms with van der Waals surface area (Å²) in [7, 11) is 0. The molecule has 0 bridgehead atoms. The van der Waals surface area contributed by atoms with E-state index in [-0.39, 0.29) is 23.8 Å². The van der Waals surface area contributed by atoms with Gasteiger partial charge >= 0.3 is 12.1 Å². The smallest absolute Gasteiger partial charge is 0.433 e. The Bertz CT molecular complexity index is 632. The van der Waals surface area contributed by atoms with Crippen molar-refractivity contribution in [1.29, 1.82) is 0 Å². The van der Waals surface area contributed by atoms with Crippen LogP contribution in [0.25, 0.3) is 0 Å². The summed E-state index contributed by atoms with van der Waals surface area (Å²) in [6, 6.07) is 6.24. The van der Waals surface area contributed by atoms with Gasteiger partial charge in [0.05, 0.1) is 18.6 Å². The molecular weight excluding hydrogens is 321 g/mol. The topological polar surface area (TPSA) is 35.5 Å². The van der Waals surface area contributed by atoms with Crippen molar-refractivity contribution in [2.75, 3.05) is 6.61 Å². The van der Waals surface area contributed by atoms with Gasteiger partial charge in [-0.25, -0.2) is 4.79 Å². The lowest BCUT2D eigenvalue weighted by Gasteiger charge is -2.50. The largest absolute Gasteiger partial charge is 0.476 e. The molecule has 1 aliphatic heterocycles. The van der Waals surface area contributed by atoms with Crippen molar-refractivity contribution in [3.8, 4) is 0 Å². The SMILES string of the molecule is CCOC(=O)/C=C1\O[C@](c2ccc(C(C)C)cc2)(C(F)(F)F)[C@H]1C. The molecule has 1 aromatic rings. The maximum absolute atomic E-state index is 13.7. The third-order valence-corrected chi connectivity index (χ3v) is 4.29.